The Hall–Kier alpha value is -2.32. The van der Waals surface area contributed by atoms with E-state index in [0.29, 0.717) is 17.5 Å². The number of hydrogen-bond acceptors (Lipinski definition) is 8. The summed E-state index contributed by atoms with van der Waals surface area (Å²) in [5.41, 5.74) is 0.892. The number of nitrogens with zero attached hydrogens (tertiary/aromatic N) is 5. The zero-order valence-corrected chi connectivity index (χ0v) is 21.8. The average Bonchev–Trinajstić information content (AvgIpc) is 2.90. The fourth-order valence-corrected chi connectivity index (χ4v) is 5.89. The largest absolute Gasteiger partial charge is 0.493 e. The lowest BCUT2D eigenvalue weighted by Crippen LogP contribution is -2.45. The summed E-state index contributed by atoms with van der Waals surface area (Å²) in [4.78, 5) is 17.4. The molecule has 0 atom stereocenters. The van der Waals surface area contributed by atoms with Crippen LogP contribution in [0.15, 0.2) is 12.1 Å². The number of piperazine rings is 1. The molecule has 1 saturated carbocycles. The smallest absolute Gasteiger partial charge is 0.227 e. The number of fused-ring (bicyclic) bond motifs is 1. The van der Waals surface area contributed by atoms with Crippen molar-refractivity contribution in [2.75, 3.05) is 77.3 Å². The van der Waals surface area contributed by atoms with Crippen molar-refractivity contribution in [1.29, 1.82) is 0 Å². The van der Waals surface area contributed by atoms with Crippen molar-refractivity contribution in [3.63, 3.8) is 0 Å². The second-order valence-electron chi connectivity index (χ2n) is 10.6. The molecule has 1 N–H and O–H groups in total. The Kier molecular flexibility index (Phi) is 7.78. The van der Waals surface area contributed by atoms with Gasteiger partial charge in [0.1, 0.15) is 5.82 Å². The van der Waals surface area contributed by atoms with Crippen molar-refractivity contribution >= 4 is 22.7 Å². The molecule has 5 rings (SSSR count). The molecule has 1 aromatic heterocycles. The summed E-state index contributed by atoms with van der Waals surface area (Å²) in [6.45, 7) is 7.54. The predicted molar refractivity (Wildman–Crippen MR) is 142 cm³/mol. The second kappa shape index (κ2) is 11.2. The maximum absolute atomic E-state index is 5.60. The zero-order valence-electron chi connectivity index (χ0n) is 21.8. The van der Waals surface area contributed by atoms with E-state index in [4.69, 9.17) is 19.4 Å². The summed E-state index contributed by atoms with van der Waals surface area (Å²) >= 11 is 0. The van der Waals surface area contributed by atoms with Crippen LogP contribution in [-0.2, 0) is 0 Å². The minimum atomic E-state index is 0.421. The van der Waals surface area contributed by atoms with E-state index in [9.17, 15) is 0 Å². The third-order valence-electron chi connectivity index (χ3n) is 8.14. The molecule has 3 aliphatic rings. The third kappa shape index (κ3) is 5.75. The molecule has 1 aliphatic carbocycles. The first kappa shape index (κ1) is 24.4. The Morgan fingerprint density at radius 2 is 1.54 bits per heavy atom. The standard InChI is InChI=1S/C27H42N6O2/c1-31-13-15-33(16-14-31)27-29-23-18-25(35-3)24(34-2)17-22(23)26(30-27)28-21-9-11-32(12-10-21)19-20-7-5-4-6-8-20/h17-18,20-21H,4-16,19H2,1-3H3,(H,28,29,30). The van der Waals surface area contributed by atoms with Crippen LogP contribution in [0.3, 0.4) is 0 Å². The van der Waals surface area contributed by atoms with Crippen molar-refractivity contribution < 1.29 is 9.47 Å². The fourth-order valence-electron chi connectivity index (χ4n) is 5.89. The number of ether oxygens (including phenoxy) is 2. The first-order valence-corrected chi connectivity index (χ1v) is 13.5. The van der Waals surface area contributed by atoms with E-state index in [1.165, 1.54) is 51.7 Å². The van der Waals surface area contributed by atoms with E-state index < -0.39 is 0 Å². The molecule has 3 heterocycles. The van der Waals surface area contributed by atoms with Gasteiger partial charge in [0.15, 0.2) is 11.5 Å². The minimum absolute atomic E-state index is 0.421. The van der Waals surface area contributed by atoms with Gasteiger partial charge in [-0.2, -0.15) is 4.98 Å². The SMILES string of the molecule is COc1cc2nc(N3CCN(C)CC3)nc(NC3CCN(CC4CCCCC4)CC3)c2cc1OC. The van der Waals surface area contributed by atoms with Gasteiger partial charge < -0.3 is 29.5 Å². The lowest BCUT2D eigenvalue weighted by Gasteiger charge is -2.36. The molecule has 2 aromatic rings. The lowest BCUT2D eigenvalue weighted by molar-refractivity contribution is 0.168. The number of hydrogen-bond donors (Lipinski definition) is 1. The van der Waals surface area contributed by atoms with Gasteiger partial charge >= 0.3 is 0 Å². The van der Waals surface area contributed by atoms with E-state index in [0.717, 1.165) is 67.6 Å². The van der Waals surface area contributed by atoms with Gasteiger partial charge in [-0.3, -0.25) is 0 Å². The monoisotopic (exact) mass is 482 g/mol. The van der Waals surface area contributed by atoms with Crippen LogP contribution >= 0.6 is 0 Å². The minimum Gasteiger partial charge on any atom is -0.493 e. The van der Waals surface area contributed by atoms with Gasteiger partial charge in [-0.1, -0.05) is 19.3 Å². The number of aromatic nitrogens is 2. The summed E-state index contributed by atoms with van der Waals surface area (Å²) in [5.74, 6) is 4.03. The average molecular weight is 483 g/mol. The molecular formula is C27H42N6O2. The summed E-state index contributed by atoms with van der Waals surface area (Å²) in [6.07, 6.45) is 9.42. The van der Waals surface area contributed by atoms with E-state index in [-0.39, 0.29) is 0 Å². The summed E-state index contributed by atoms with van der Waals surface area (Å²) in [7, 11) is 5.52. The third-order valence-corrected chi connectivity index (χ3v) is 8.14. The van der Waals surface area contributed by atoms with E-state index in [1.54, 1.807) is 14.2 Å². The fraction of sp³-hybridized carbons (Fsp3) is 0.704. The van der Waals surface area contributed by atoms with Crippen LogP contribution in [0.25, 0.3) is 10.9 Å². The van der Waals surface area contributed by atoms with Gasteiger partial charge in [0, 0.05) is 63.3 Å². The van der Waals surface area contributed by atoms with E-state index >= 15 is 0 Å². The Balaban J connectivity index is 1.34. The Bertz CT molecular complexity index is 979. The second-order valence-corrected chi connectivity index (χ2v) is 10.6. The molecule has 35 heavy (non-hydrogen) atoms. The molecule has 192 valence electrons. The first-order chi connectivity index (χ1) is 17.1. The number of methoxy groups -OCH3 is 2. The molecule has 2 aliphatic heterocycles. The summed E-state index contributed by atoms with van der Waals surface area (Å²) in [5, 5.41) is 4.80. The highest BCUT2D eigenvalue weighted by atomic mass is 16.5. The van der Waals surface area contributed by atoms with Crippen molar-refractivity contribution in [3.8, 4) is 11.5 Å². The topological polar surface area (TPSA) is 66.0 Å². The van der Waals surface area contributed by atoms with E-state index in [2.05, 4.69) is 27.1 Å². The number of anilines is 2. The lowest BCUT2D eigenvalue weighted by atomic mass is 9.88. The van der Waals surface area contributed by atoms with Crippen LogP contribution < -0.4 is 19.7 Å². The summed E-state index contributed by atoms with van der Waals surface area (Å²) < 4.78 is 11.2. The molecule has 8 nitrogen and oxygen atoms in total. The zero-order chi connectivity index (χ0) is 24.2. The molecule has 0 unspecified atom stereocenters. The predicted octanol–water partition coefficient (Wildman–Crippen LogP) is 3.86. The normalized spacial score (nSPS) is 21.4. The number of nitrogens with one attached hydrogen (secondary N) is 1. The van der Waals surface area contributed by atoms with Crippen LogP contribution in [0, 0.1) is 5.92 Å². The number of piperidine rings is 1. The van der Waals surface area contributed by atoms with Crippen LogP contribution in [0.2, 0.25) is 0 Å². The first-order valence-electron chi connectivity index (χ1n) is 13.5. The molecule has 3 fully saturated rings. The number of likely N-dealkylation sites (tertiary alicyclic amines) is 1. The highest BCUT2D eigenvalue weighted by Crippen LogP contribution is 2.36. The highest BCUT2D eigenvalue weighted by Gasteiger charge is 2.25. The van der Waals surface area contributed by atoms with Gasteiger partial charge in [0.05, 0.1) is 19.7 Å². The van der Waals surface area contributed by atoms with Gasteiger partial charge in [0.2, 0.25) is 5.95 Å². The van der Waals surface area contributed by atoms with Crippen molar-refractivity contribution in [3.05, 3.63) is 12.1 Å². The van der Waals surface area contributed by atoms with Gasteiger partial charge in [-0.05, 0) is 44.7 Å². The number of rotatable bonds is 7. The molecule has 0 spiro atoms. The maximum Gasteiger partial charge on any atom is 0.227 e. The molecule has 1 aromatic carbocycles. The van der Waals surface area contributed by atoms with Gasteiger partial charge in [0.25, 0.3) is 0 Å². The Morgan fingerprint density at radius 1 is 0.857 bits per heavy atom. The summed E-state index contributed by atoms with van der Waals surface area (Å²) in [6, 6.07) is 4.42. The molecule has 2 saturated heterocycles. The van der Waals surface area contributed by atoms with Crippen LogP contribution in [-0.4, -0.2) is 92.9 Å². The molecule has 0 radical (unpaired) electrons. The van der Waals surface area contributed by atoms with Crippen molar-refractivity contribution in [2.45, 2.75) is 51.0 Å². The van der Waals surface area contributed by atoms with Gasteiger partial charge in [-0.25, -0.2) is 4.98 Å². The van der Waals surface area contributed by atoms with Crippen molar-refractivity contribution in [2.24, 2.45) is 5.92 Å². The van der Waals surface area contributed by atoms with Crippen LogP contribution in [0.5, 0.6) is 11.5 Å². The highest BCUT2D eigenvalue weighted by molar-refractivity contribution is 5.93. The molecular weight excluding hydrogens is 440 g/mol. The maximum atomic E-state index is 5.60. The quantitative estimate of drug-likeness (QED) is 0.638. The Labute approximate surface area is 210 Å². The number of likely N-dealkylation sites (N-methyl/N-ethyl adjacent to an activating group) is 1. The number of benzene rings is 1. The van der Waals surface area contributed by atoms with Crippen LogP contribution in [0.1, 0.15) is 44.9 Å². The van der Waals surface area contributed by atoms with Crippen LogP contribution in [0.4, 0.5) is 11.8 Å². The molecule has 0 bridgehead atoms. The van der Waals surface area contributed by atoms with Crippen molar-refractivity contribution in [1.82, 2.24) is 19.8 Å². The Morgan fingerprint density at radius 3 is 2.23 bits per heavy atom. The van der Waals surface area contributed by atoms with Gasteiger partial charge in [-0.15, -0.1) is 0 Å². The molecule has 0 amide bonds. The molecule has 8 heteroatoms. The van der Waals surface area contributed by atoms with E-state index in [1.807, 2.05) is 12.1 Å².